The van der Waals surface area contributed by atoms with Crippen LogP contribution in [0.3, 0.4) is 0 Å². The normalized spacial score (nSPS) is 11.5. The number of sulfonamides is 1. The molecule has 2 rings (SSSR count). The average Bonchev–Trinajstić information content (AvgIpc) is 2.40. The van der Waals surface area contributed by atoms with Gasteiger partial charge in [0.25, 0.3) is 0 Å². The molecule has 106 valence electrons. The molecule has 0 spiro atoms. The van der Waals surface area contributed by atoms with Gasteiger partial charge < -0.3 is 0 Å². The zero-order valence-corrected chi connectivity index (χ0v) is 12.1. The first kappa shape index (κ1) is 15.0. The third-order valence-electron chi connectivity index (χ3n) is 2.74. The van der Waals surface area contributed by atoms with Gasteiger partial charge in [-0.25, -0.2) is 17.5 Å². The van der Waals surface area contributed by atoms with E-state index in [9.17, 15) is 12.8 Å². The lowest BCUT2D eigenvalue weighted by Crippen LogP contribution is -2.25. The molecule has 0 amide bonds. The summed E-state index contributed by atoms with van der Waals surface area (Å²) in [7, 11) is -3.62. The fourth-order valence-corrected chi connectivity index (χ4v) is 3.02. The predicted octanol–water partition coefficient (Wildman–Crippen LogP) is 3.10. The van der Waals surface area contributed by atoms with Crippen LogP contribution >= 0.6 is 11.6 Å². The zero-order chi connectivity index (χ0) is 14.6. The molecule has 2 aromatic rings. The minimum atomic E-state index is -3.62. The van der Waals surface area contributed by atoms with Gasteiger partial charge in [-0.3, -0.25) is 0 Å². The Hall–Kier alpha value is -1.43. The molecule has 1 N–H and O–H groups in total. The number of nitrogens with one attached hydrogen (secondary N) is 1. The Bertz CT molecular complexity index is 704. The molecule has 0 aliphatic rings. The number of benzene rings is 2. The van der Waals surface area contributed by atoms with Crippen LogP contribution < -0.4 is 4.72 Å². The van der Waals surface area contributed by atoms with E-state index in [4.69, 9.17) is 11.6 Å². The first-order valence-electron chi connectivity index (χ1n) is 5.92. The van der Waals surface area contributed by atoms with Crippen LogP contribution in [0.4, 0.5) is 4.39 Å². The molecule has 0 bridgehead atoms. The van der Waals surface area contributed by atoms with Gasteiger partial charge in [-0.2, -0.15) is 0 Å². The second kappa shape index (κ2) is 6.35. The van der Waals surface area contributed by atoms with Gasteiger partial charge in [0, 0.05) is 17.1 Å². The van der Waals surface area contributed by atoms with E-state index in [1.54, 1.807) is 30.3 Å². The van der Waals surface area contributed by atoms with Crippen LogP contribution in [0.1, 0.15) is 11.1 Å². The fraction of sp³-hybridized carbons (Fsp3) is 0.143. The second-order valence-electron chi connectivity index (χ2n) is 4.26. The van der Waals surface area contributed by atoms with Crippen LogP contribution in [-0.2, 0) is 22.3 Å². The van der Waals surface area contributed by atoms with Gasteiger partial charge in [-0.1, -0.05) is 48.0 Å². The third kappa shape index (κ3) is 4.03. The highest BCUT2D eigenvalue weighted by atomic mass is 35.5. The summed E-state index contributed by atoms with van der Waals surface area (Å²) in [6, 6.07) is 12.7. The molecule has 0 aliphatic carbocycles. The molecular formula is C14H13ClFNO2S. The van der Waals surface area contributed by atoms with Crippen molar-refractivity contribution in [3.05, 3.63) is 70.5 Å². The minimum Gasteiger partial charge on any atom is -0.212 e. The highest BCUT2D eigenvalue weighted by Gasteiger charge is 2.14. The number of hydrogen-bond acceptors (Lipinski definition) is 2. The maximum Gasteiger partial charge on any atom is 0.216 e. The molecule has 0 unspecified atom stereocenters. The topological polar surface area (TPSA) is 46.2 Å². The number of halogens is 2. The summed E-state index contributed by atoms with van der Waals surface area (Å²) in [6.45, 7) is 0.0798. The van der Waals surface area contributed by atoms with Gasteiger partial charge in [-0.15, -0.1) is 0 Å². The molecule has 0 saturated heterocycles. The maximum absolute atomic E-state index is 13.4. The Balaban J connectivity index is 2.05. The Labute approximate surface area is 122 Å². The molecule has 0 heterocycles. The molecule has 0 saturated carbocycles. The van der Waals surface area contributed by atoms with Crippen LogP contribution in [-0.4, -0.2) is 8.42 Å². The first-order chi connectivity index (χ1) is 9.48. The SMILES string of the molecule is O=S(=O)(Cc1ccccc1F)NCc1ccccc1Cl. The summed E-state index contributed by atoms with van der Waals surface area (Å²) in [5, 5.41) is 0.487. The quantitative estimate of drug-likeness (QED) is 0.922. The van der Waals surface area contributed by atoms with Crippen molar-refractivity contribution < 1.29 is 12.8 Å². The van der Waals surface area contributed by atoms with Crippen molar-refractivity contribution in [2.75, 3.05) is 0 Å². The van der Waals surface area contributed by atoms with E-state index < -0.39 is 21.6 Å². The molecule has 2 aromatic carbocycles. The first-order valence-corrected chi connectivity index (χ1v) is 7.95. The van der Waals surface area contributed by atoms with E-state index in [1.807, 2.05) is 0 Å². The summed E-state index contributed by atoms with van der Waals surface area (Å²) in [4.78, 5) is 0. The zero-order valence-electron chi connectivity index (χ0n) is 10.5. The fourth-order valence-electron chi connectivity index (χ4n) is 1.70. The van der Waals surface area contributed by atoms with Crippen LogP contribution in [0.2, 0.25) is 5.02 Å². The Morgan fingerprint density at radius 2 is 1.60 bits per heavy atom. The monoisotopic (exact) mass is 313 g/mol. The number of rotatable bonds is 5. The van der Waals surface area contributed by atoms with Crippen molar-refractivity contribution in [3.63, 3.8) is 0 Å². The summed E-state index contributed by atoms with van der Waals surface area (Å²) >= 11 is 5.94. The lowest BCUT2D eigenvalue weighted by molar-refractivity contribution is 0.574. The van der Waals surface area contributed by atoms with Gasteiger partial charge in [0.05, 0.1) is 5.75 Å². The van der Waals surface area contributed by atoms with Crippen molar-refractivity contribution in [1.29, 1.82) is 0 Å². The summed E-state index contributed by atoms with van der Waals surface area (Å²) in [5.41, 5.74) is 0.811. The molecule has 0 aromatic heterocycles. The number of hydrogen-bond donors (Lipinski definition) is 1. The van der Waals surface area contributed by atoms with E-state index in [0.717, 1.165) is 0 Å². The standard InChI is InChI=1S/C14H13ClFNO2S/c15-13-7-3-1-5-11(13)9-17-20(18,19)10-12-6-2-4-8-14(12)16/h1-8,17H,9-10H2. The van der Waals surface area contributed by atoms with E-state index >= 15 is 0 Å². The van der Waals surface area contributed by atoms with Gasteiger partial charge >= 0.3 is 0 Å². The Kier molecular flexibility index (Phi) is 4.75. The summed E-state index contributed by atoms with van der Waals surface area (Å²) in [6.07, 6.45) is 0. The third-order valence-corrected chi connectivity index (χ3v) is 4.39. The van der Waals surface area contributed by atoms with E-state index in [1.165, 1.54) is 18.2 Å². The molecule has 0 aliphatic heterocycles. The van der Waals surface area contributed by atoms with Crippen LogP contribution in [0, 0.1) is 5.82 Å². The van der Waals surface area contributed by atoms with Crippen LogP contribution in [0.15, 0.2) is 48.5 Å². The molecule has 20 heavy (non-hydrogen) atoms. The highest BCUT2D eigenvalue weighted by molar-refractivity contribution is 7.88. The van der Waals surface area contributed by atoms with Crippen molar-refractivity contribution in [3.8, 4) is 0 Å². The molecule has 0 radical (unpaired) electrons. The summed E-state index contributed by atoms with van der Waals surface area (Å²) < 4.78 is 39.7. The Morgan fingerprint density at radius 3 is 2.25 bits per heavy atom. The van der Waals surface area contributed by atoms with Crippen LogP contribution in [0.5, 0.6) is 0 Å². The smallest absolute Gasteiger partial charge is 0.212 e. The lowest BCUT2D eigenvalue weighted by atomic mass is 10.2. The minimum absolute atomic E-state index is 0.0798. The highest BCUT2D eigenvalue weighted by Crippen LogP contribution is 2.15. The second-order valence-corrected chi connectivity index (χ2v) is 6.48. The molecule has 0 atom stereocenters. The van der Waals surface area contributed by atoms with Crippen molar-refractivity contribution in [1.82, 2.24) is 4.72 Å². The van der Waals surface area contributed by atoms with Gasteiger partial charge in [-0.05, 0) is 17.7 Å². The summed E-state index contributed by atoms with van der Waals surface area (Å²) in [5.74, 6) is -0.931. The largest absolute Gasteiger partial charge is 0.216 e. The molecular weight excluding hydrogens is 301 g/mol. The van der Waals surface area contributed by atoms with Crippen molar-refractivity contribution >= 4 is 21.6 Å². The van der Waals surface area contributed by atoms with E-state index in [-0.39, 0.29) is 12.1 Å². The van der Waals surface area contributed by atoms with Crippen molar-refractivity contribution in [2.45, 2.75) is 12.3 Å². The molecule has 6 heteroatoms. The maximum atomic E-state index is 13.4. The van der Waals surface area contributed by atoms with Crippen LogP contribution in [0.25, 0.3) is 0 Å². The molecule has 3 nitrogen and oxygen atoms in total. The van der Waals surface area contributed by atoms with E-state index in [0.29, 0.717) is 10.6 Å². The van der Waals surface area contributed by atoms with Gasteiger partial charge in [0.2, 0.25) is 10.0 Å². The van der Waals surface area contributed by atoms with Gasteiger partial charge in [0.1, 0.15) is 5.82 Å². The molecule has 0 fully saturated rings. The van der Waals surface area contributed by atoms with E-state index in [2.05, 4.69) is 4.72 Å². The lowest BCUT2D eigenvalue weighted by Gasteiger charge is -2.08. The Morgan fingerprint density at radius 1 is 1.00 bits per heavy atom. The predicted molar refractivity (Wildman–Crippen MR) is 77.3 cm³/mol. The van der Waals surface area contributed by atoms with Gasteiger partial charge in [0.15, 0.2) is 0 Å². The van der Waals surface area contributed by atoms with Crippen molar-refractivity contribution in [2.24, 2.45) is 0 Å². The average molecular weight is 314 g/mol.